The van der Waals surface area contributed by atoms with Crippen LogP contribution in [0.3, 0.4) is 0 Å². The molecule has 2 N–H and O–H groups in total. The Hall–Kier alpha value is -1.40. The molecule has 1 heterocycles. The lowest BCUT2D eigenvalue weighted by Crippen LogP contribution is -2.48. The first kappa shape index (κ1) is 19.9. The minimum atomic E-state index is 0.257. The number of ether oxygens (including phenoxy) is 2. The van der Waals surface area contributed by atoms with Gasteiger partial charge in [0.05, 0.1) is 7.11 Å². The normalized spacial score (nSPS) is 17.2. The fraction of sp³-hybridized carbons (Fsp3) is 0.632. The molecule has 1 saturated heterocycles. The second-order valence-electron chi connectivity index (χ2n) is 6.14. The summed E-state index contributed by atoms with van der Waals surface area (Å²) >= 11 is 2.04. The van der Waals surface area contributed by atoms with E-state index < -0.39 is 0 Å². The molecule has 1 aromatic carbocycles. The molecule has 0 atom stereocenters. The molecule has 0 radical (unpaired) electrons. The number of guanidine groups is 1. The molecule has 0 amide bonds. The van der Waals surface area contributed by atoms with Gasteiger partial charge in [-0.15, -0.1) is 0 Å². The van der Waals surface area contributed by atoms with Crippen LogP contribution in [0.15, 0.2) is 29.3 Å². The minimum absolute atomic E-state index is 0.257. The number of nitrogens with zero attached hydrogens (tertiary/aromatic N) is 1. The Morgan fingerprint density at radius 3 is 2.72 bits per heavy atom. The molecule has 5 nitrogen and oxygen atoms in total. The standard InChI is InChI=1S/C19H31N3O2S/c1-4-25-19(10-13-24-14-11-19)15-22-18(20-2)21-12-9-16-7-5-6-8-17(16)23-3/h5-8H,4,9-15H2,1-3H3,(H2,20,21,22). The summed E-state index contributed by atoms with van der Waals surface area (Å²) in [6.45, 7) is 5.67. The number of benzene rings is 1. The molecule has 6 heteroatoms. The lowest BCUT2D eigenvalue weighted by atomic mass is 9.99. The van der Waals surface area contributed by atoms with Crippen LogP contribution in [0.4, 0.5) is 0 Å². The molecule has 0 spiro atoms. The Morgan fingerprint density at radius 2 is 2.04 bits per heavy atom. The number of hydrogen-bond acceptors (Lipinski definition) is 4. The largest absolute Gasteiger partial charge is 0.496 e. The van der Waals surface area contributed by atoms with E-state index in [-0.39, 0.29) is 4.75 Å². The summed E-state index contributed by atoms with van der Waals surface area (Å²) in [5.74, 6) is 2.92. The fourth-order valence-electron chi connectivity index (χ4n) is 3.11. The second kappa shape index (κ2) is 10.6. The van der Waals surface area contributed by atoms with Gasteiger partial charge in [0.15, 0.2) is 5.96 Å². The van der Waals surface area contributed by atoms with Crippen molar-refractivity contribution in [2.24, 2.45) is 4.99 Å². The van der Waals surface area contributed by atoms with Gasteiger partial charge < -0.3 is 20.1 Å². The highest BCUT2D eigenvalue weighted by molar-refractivity contribution is 8.00. The molecular weight excluding hydrogens is 334 g/mol. The molecular formula is C19H31N3O2S. The summed E-state index contributed by atoms with van der Waals surface area (Å²) in [7, 11) is 3.54. The van der Waals surface area contributed by atoms with Crippen molar-refractivity contribution < 1.29 is 9.47 Å². The van der Waals surface area contributed by atoms with Crippen LogP contribution in [-0.4, -0.2) is 56.9 Å². The molecule has 1 fully saturated rings. The van der Waals surface area contributed by atoms with E-state index in [2.05, 4.69) is 28.6 Å². The predicted molar refractivity (Wildman–Crippen MR) is 107 cm³/mol. The van der Waals surface area contributed by atoms with Crippen LogP contribution >= 0.6 is 11.8 Å². The highest BCUT2D eigenvalue weighted by Gasteiger charge is 2.32. The molecule has 1 aliphatic rings. The van der Waals surface area contributed by atoms with Crippen molar-refractivity contribution in [1.29, 1.82) is 0 Å². The van der Waals surface area contributed by atoms with Gasteiger partial charge in [0.1, 0.15) is 5.75 Å². The first-order chi connectivity index (χ1) is 12.2. The Morgan fingerprint density at radius 1 is 1.28 bits per heavy atom. The van der Waals surface area contributed by atoms with Gasteiger partial charge in [-0.3, -0.25) is 4.99 Å². The van der Waals surface area contributed by atoms with Crippen LogP contribution in [0, 0.1) is 0 Å². The Kier molecular flexibility index (Phi) is 8.41. The summed E-state index contributed by atoms with van der Waals surface area (Å²) in [5, 5.41) is 6.92. The van der Waals surface area contributed by atoms with E-state index in [1.807, 2.05) is 37.0 Å². The van der Waals surface area contributed by atoms with Crippen LogP contribution in [-0.2, 0) is 11.2 Å². The van der Waals surface area contributed by atoms with Gasteiger partial charge in [-0.1, -0.05) is 25.1 Å². The predicted octanol–water partition coefficient (Wildman–Crippen LogP) is 2.71. The summed E-state index contributed by atoms with van der Waals surface area (Å²) in [4.78, 5) is 4.36. The molecule has 140 valence electrons. The van der Waals surface area contributed by atoms with Crippen molar-refractivity contribution in [2.45, 2.75) is 30.9 Å². The quantitative estimate of drug-likeness (QED) is 0.548. The van der Waals surface area contributed by atoms with E-state index in [1.54, 1.807) is 7.11 Å². The molecule has 25 heavy (non-hydrogen) atoms. The van der Waals surface area contributed by atoms with Gasteiger partial charge in [0, 0.05) is 38.1 Å². The number of para-hydroxylation sites is 1. The average molecular weight is 366 g/mol. The van der Waals surface area contributed by atoms with E-state index in [0.717, 1.165) is 63.0 Å². The Bertz CT molecular complexity index is 540. The van der Waals surface area contributed by atoms with Gasteiger partial charge in [0.2, 0.25) is 0 Å². The van der Waals surface area contributed by atoms with Crippen LogP contribution in [0.5, 0.6) is 5.75 Å². The van der Waals surface area contributed by atoms with Crippen molar-refractivity contribution in [3.63, 3.8) is 0 Å². The number of rotatable bonds is 8. The number of hydrogen-bond donors (Lipinski definition) is 2. The first-order valence-electron chi connectivity index (χ1n) is 9.01. The molecule has 1 aliphatic heterocycles. The Labute approximate surface area is 156 Å². The third-order valence-electron chi connectivity index (χ3n) is 4.54. The number of methoxy groups -OCH3 is 1. The minimum Gasteiger partial charge on any atom is -0.496 e. The van der Waals surface area contributed by atoms with Crippen molar-refractivity contribution in [3.8, 4) is 5.75 Å². The van der Waals surface area contributed by atoms with Crippen LogP contribution in [0.25, 0.3) is 0 Å². The molecule has 0 saturated carbocycles. The van der Waals surface area contributed by atoms with E-state index in [1.165, 1.54) is 5.56 Å². The number of aliphatic imine (C=N–C) groups is 1. The maximum absolute atomic E-state index is 5.54. The van der Waals surface area contributed by atoms with Gasteiger partial charge in [0.25, 0.3) is 0 Å². The zero-order valence-corrected chi connectivity index (χ0v) is 16.5. The summed E-state index contributed by atoms with van der Waals surface area (Å²) in [6.07, 6.45) is 3.08. The lowest BCUT2D eigenvalue weighted by Gasteiger charge is -2.37. The first-order valence-corrected chi connectivity index (χ1v) is 9.99. The maximum Gasteiger partial charge on any atom is 0.191 e. The molecule has 2 rings (SSSR count). The highest BCUT2D eigenvalue weighted by atomic mass is 32.2. The van der Waals surface area contributed by atoms with E-state index >= 15 is 0 Å². The van der Waals surface area contributed by atoms with E-state index in [4.69, 9.17) is 9.47 Å². The molecule has 0 aromatic heterocycles. The van der Waals surface area contributed by atoms with Gasteiger partial charge in [-0.25, -0.2) is 0 Å². The summed E-state index contributed by atoms with van der Waals surface area (Å²) in [6, 6.07) is 8.14. The Balaban J connectivity index is 1.82. The molecule has 0 aliphatic carbocycles. The topological polar surface area (TPSA) is 54.9 Å². The van der Waals surface area contributed by atoms with Crippen LogP contribution in [0.2, 0.25) is 0 Å². The third kappa shape index (κ3) is 6.12. The average Bonchev–Trinajstić information content (AvgIpc) is 2.66. The van der Waals surface area contributed by atoms with Crippen LogP contribution < -0.4 is 15.4 Å². The highest BCUT2D eigenvalue weighted by Crippen LogP contribution is 2.34. The SMILES string of the molecule is CCSC1(CNC(=NC)NCCc2ccccc2OC)CCOCC1. The number of thioether (sulfide) groups is 1. The molecule has 0 bridgehead atoms. The lowest BCUT2D eigenvalue weighted by molar-refractivity contribution is 0.0782. The van der Waals surface area contributed by atoms with Gasteiger partial charge in [-0.2, -0.15) is 11.8 Å². The van der Waals surface area contributed by atoms with E-state index in [9.17, 15) is 0 Å². The van der Waals surface area contributed by atoms with Crippen LogP contribution in [0.1, 0.15) is 25.3 Å². The summed E-state index contributed by atoms with van der Waals surface area (Å²) < 4.78 is 11.2. The van der Waals surface area contributed by atoms with Crippen molar-refractivity contribution >= 4 is 17.7 Å². The fourth-order valence-corrected chi connectivity index (χ4v) is 4.35. The molecule has 0 unspecified atom stereocenters. The van der Waals surface area contributed by atoms with Gasteiger partial charge in [-0.05, 0) is 36.6 Å². The van der Waals surface area contributed by atoms with Crippen molar-refractivity contribution in [2.75, 3.05) is 46.2 Å². The molecule has 1 aromatic rings. The zero-order valence-electron chi connectivity index (χ0n) is 15.6. The van der Waals surface area contributed by atoms with Crippen molar-refractivity contribution in [3.05, 3.63) is 29.8 Å². The zero-order chi connectivity index (χ0) is 18.0. The smallest absolute Gasteiger partial charge is 0.191 e. The third-order valence-corrected chi connectivity index (χ3v) is 5.99. The van der Waals surface area contributed by atoms with Gasteiger partial charge >= 0.3 is 0 Å². The number of nitrogens with one attached hydrogen (secondary N) is 2. The second-order valence-corrected chi connectivity index (χ2v) is 7.87. The summed E-state index contributed by atoms with van der Waals surface area (Å²) in [5.41, 5.74) is 1.20. The van der Waals surface area contributed by atoms with Crippen molar-refractivity contribution in [1.82, 2.24) is 10.6 Å². The maximum atomic E-state index is 5.54. The monoisotopic (exact) mass is 365 g/mol. The van der Waals surface area contributed by atoms with E-state index in [0.29, 0.717) is 0 Å².